The summed E-state index contributed by atoms with van der Waals surface area (Å²) in [7, 11) is 0. The van der Waals surface area contributed by atoms with Gasteiger partial charge in [-0.15, -0.1) is 0 Å². The molecule has 0 fully saturated rings. The van der Waals surface area contributed by atoms with Gasteiger partial charge in [-0.3, -0.25) is 9.59 Å². The van der Waals surface area contributed by atoms with Gasteiger partial charge in [0.05, 0.1) is 22.0 Å². The molecule has 1 aromatic heterocycles. The molecule has 1 heterocycles. The van der Waals surface area contributed by atoms with Gasteiger partial charge in [0.1, 0.15) is 12.0 Å². The van der Waals surface area contributed by atoms with Crippen LogP contribution in [0, 0.1) is 6.92 Å². The average molecular weight is 376 g/mol. The Hall–Kier alpha value is -3.31. The van der Waals surface area contributed by atoms with E-state index in [1.54, 1.807) is 6.07 Å². The van der Waals surface area contributed by atoms with Crippen molar-refractivity contribution in [3.63, 3.8) is 0 Å². The average Bonchev–Trinajstić information content (AvgIpc) is 2.68. The van der Waals surface area contributed by atoms with Gasteiger partial charge in [-0.1, -0.05) is 47.5 Å². The third-order valence-electron chi connectivity index (χ3n) is 4.33. The van der Waals surface area contributed by atoms with Crippen molar-refractivity contribution in [3.05, 3.63) is 88.6 Å². The van der Waals surface area contributed by atoms with E-state index in [0.717, 1.165) is 11.1 Å². The number of anilines is 1. The number of Topliss-reactive ketones (excluding diaryl/α,β-unsaturated/α-hetero) is 1. The predicted octanol–water partition coefficient (Wildman–Crippen LogP) is 4.48. The highest BCUT2D eigenvalue weighted by molar-refractivity contribution is 6.34. The molecule has 5 nitrogen and oxygen atoms in total. The number of fused-ring (bicyclic) bond motifs is 1. The number of benzene rings is 2. The molecule has 132 valence electrons. The zero-order valence-electron chi connectivity index (χ0n) is 14.4. The molecule has 0 spiro atoms. The maximum absolute atomic E-state index is 12.6. The Bertz CT molecular complexity index is 1100. The van der Waals surface area contributed by atoms with Crippen LogP contribution < -0.4 is 5.32 Å². The van der Waals surface area contributed by atoms with Crippen LogP contribution in [0.2, 0.25) is 5.02 Å². The standard InChI is InChI=1S/C21H14ClN3O2/c1-12-2-4-13(5-3-12)14-6-7-17(16(22)8-14)25-18-9-19(26)20-15(21(18)27)10-23-11-24-20/h2-11,25H,1H3. The first-order valence-corrected chi connectivity index (χ1v) is 8.65. The van der Waals surface area contributed by atoms with E-state index in [4.69, 9.17) is 11.6 Å². The van der Waals surface area contributed by atoms with E-state index in [1.165, 1.54) is 24.2 Å². The number of aryl methyl sites for hydroxylation is 1. The van der Waals surface area contributed by atoms with Crippen molar-refractivity contribution in [2.24, 2.45) is 0 Å². The molecule has 2 aromatic carbocycles. The van der Waals surface area contributed by atoms with Crippen LogP contribution >= 0.6 is 11.6 Å². The molecule has 0 amide bonds. The second kappa shape index (κ2) is 6.78. The lowest BCUT2D eigenvalue weighted by Gasteiger charge is -2.16. The Morgan fingerprint density at radius 2 is 1.74 bits per heavy atom. The second-order valence-corrected chi connectivity index (χ2v) is 6.63. The number of allylic oxidation sites excluding steroid dienone is 2. The summed E-state index contributed by atoms with van der Waals surface area (Å²) in [5, 5.41) is 3.41. The number of carbonyl (C=O) groups excluding carboxylic acids is 2. The number of halogens is 1. The molecule has 1 N–H and O–H groups in total. The summed E-state index contributed by atoms with van der Waals surface area (Å²) < 4.78 is 0. The third kappa shape index (κ3) is 3.25. The molecule has 0 bridgehead atoms. The van der Waals surface area contributed by atoms with Crippen molar-refractivity contribution in [3.8, 4) is 11.1 Å². The maximum Gasteiger partial charge on any atom is 0.213 e. The second-order valence-electron chi connectivity index (χ2n) is 6.22. The van der Waals surface area contributed by atoms with Crippen LogP contribution in [-0.2, 0) is 0 Å². The Labute approximate surface area is 160 Å². The lowest BCUT2D eigenvalue weighted by Crippen LogP contribution is -2.23. The van der Waals surface area contributed by atoms with Crippen LogP contribution in [0.1, 0.15) is 26.4 Å². The molecule has 1 aliphatic carbocycles. The first-order valence-electron chi connectivity index (χ1n) is 8.27. The Morgan fingerprint density at radius 1 is 1.00 bits per heavy atom. The van der Waals surface area contributed by atoms with Crippen LogP contribution in [0.5, 0.6) is 0 Å². The number of rotatable bonds is 3. The zero-order chi connectivity index (χ0) is 19.0. The normalized spacial score (nSPS) is 13.2. The van der Waals surface area contributed by atoms with Crippen molar-refractivity contribution in [2.75, 3.05) is 5.32 Å². The van der Waals surface area contributed by atoms with Crippen molar-refractivity contribution >= 4 is 28.9 Å². The highest BCUT2D eigenvalue weighted by Gasteiger charge is 2.27. The topological polar surface area (TPSA) is 72.0 Å². The molecule has 3 aromatic rings. The number of hydrogen-bond donors (Lipinski definition) is 1. The molecule has 0 unspecified atom stereocenters. The van der Waals surface area contributed by atoms with Crippen molar-refractivity contribution < 1.29 is 9.59 Å². The highest BCUT2D eigenvalue weighted by Crippen LogP contribution is 2.31. The molecule has 0 saturated heterocycles. The van der Waals surface area contributed by atoms with Crippen molar-refractivity contribution in [2.45, 2.75) is 6.92 Å². The van der Waals surface area contributed by atoms with Gasteiger partial charge in [-0.05, 0) is 30.2 Å². The smallest absolute Gasteiger partial charge is 0.213 e. The number of nitrogens with one attached hydrogen (secondary N) is 1. The number of hydrogen-bond acceptors (Lipinski definition) is 5. The molecule has 0 saturated carbocycles. The quantitative estimate of drug-likeness (QED) is 0.730. The summed E-state index contributed by atoms with van der Waals surface area (Å²) >= 11 is 6.40. The Morgan fingerprint density at radius 3 is 2.48 bits per heavy atom. The van der Waals surface area contributed by atoms with E-state index in [0.29, 0.717) is 10.7 Å². The minimum Gasteiger partial charge on any atom is -0.351 e. The van der Waals surface area contributed by atoms with Crippen LogP contribution in [0.25, 0.3) is 11.1 Å². The fourth-order valence-corrected chi connectivity index (χ4v) is 3.11. The summed E-state index contributed by atoms with van der Waals surface area (Å²) in [6, 6.07) is 13.6. The lowest BCUT2D eigenvalue weighted by molar-refractivity contribution is 0.0981. The van der Waals surface area contributed by atoms with Crippen LogP contribution in [0.3, 0.4) is 0 Å². The van der Waals surface area contributed by atoms with E-state index in [1.807, 2.05) is 43.3 Å². The number of nitrogens with zero attached hydrogens (tertiary/aromatic N) is 2. The molecule has 0 aliphatic heterocycles. The summed E-state index contributed by atoms with van der Waals surface area (Å²) in [6.07, 6.45) is 3.83. The van der Waals surface area contributed by atoms with Gasteiger partial charge in [0.25, 0.3) is 0 Å². The molecule has 0 atom stereocenters. The maximum atomic E-state index is 12.6. The Balaban J connectivity index is 1.63. The van der Waals surface area contributed by atoms with Crippen LogP contribution in [0.4, 0.5) is 5.69 Å². The highest BCUT2D eigenvalue weighted by atomic mass is 35.5. The van der Waals surface area contributed by atoms with E-state index in [-0.39, 0.29) is 28.5 Å². The Kier molecular flexibility index (Phi) is 4.30. The van der Waals surface area contributed by atoms with Gasteiger partial charge >= 0.3 is 0 Å². The summed E-state index contributed by atoms with van der Waals surface area (Å²) in [4.78, 5) is 32.5. The van der Waals surface area contributed by atoms with Gasteiger partial charge in [-0.25, -0.2) is 9.97 Å². The minimum atomic E-state index is -0.345. The van der Waals surface area contributed by atoms with E-state index >= 15 is 0 Å². The summed E-state index contributed by atoms with van der Waals surface area (Å²) in [6.45, 7) is 2.03. The summed E-state index contributed by atoms with van der Waals surface area (Å²) in [5.74, 6) is -0.689. The third-order valence-corrected chi connectivity index (χ3v) is 4.65. The molecule has 4 rings (SSSR count). The summed E-state index contributed by atoms with van der Waals surface area (Å²) in [5.41, 5.74) is 4.17. The van der Waals surface area contributed by atoms with Crippen LogP contribution in [0.15, 0.2) is 66.8 Å². The first-order chi connectivity index (χ1) is 13.0. The first kappa shape index (κ1) is 17.1. The van der Waals surface area contributed by atoms with Gasteiger partial charge < -0.3 is 5.32 Å². The number of carbonyl (C=O) groups is 2. The molecular formula is C21H14ClN3O2. The molecule has 1 aliphatic rings. The minimum absolute atomic E-state index is 0.112. The van der Waals surface area contributed by atoms with Crippen molar-refractivity contribution in [1.29, 1.82) is 0 Å². The SMILES string of the molecule is Cc1ccc(-c2ccc(NC3=CC(=O)c4ncncc4C3=O)c(Cl)c2)cc1. The largest absolute Gasteiger partial charge is 0.351 e. The zero-order valence-corrected chi connectivity index (χ0v) is 15.1. The van der Waals surface area contributed by atoms with Crippen LogP contribution in [-0.4, -0.2) is 21.5 Å². The van der Waals surface area contributed by atoms with Gasteiger partial charge in [0, 0.05) is 12.3 Å². The van der Waals surface area contributed by atoms with Gasteiger partial charge in [0.15, 0.2) is 0 Å². The molecule has 6 heteroatoms. The fourth-order valence-electron chi connectivity index (χ4n) is 2.88. The van der Waals surface area contributed by atoms with Gasteiger partial charge in [0.2, 0.25) is 11.6 Å². The molecular weight excluding hydrogens is 362 g/mol. The van der Waals surface area contributed by atoms with E-state index in [2.05, 4.69) is 15.3 Å². The molecule has 0 radical (unpaired) electrons. The number of aromatic nitrogens is 2. The van der Waals surface area contributed by atoms with E-state index < -0.39 is 0 Å². The fraction of sp³-hybridized carbons (Fsp3) is 0.0476. The van der Waals surface area contributed by atoms with Crippen molar-refractivity contribution in [1.82, 2.24) is 9.97 Å². The van der Waals surface area contributed by atoms with E-state index in [9.17, 15) is 9.59 Å². The monoisotopic (exact) mass is 375 g/mol. The van der Waals surface area contributed by atoms with Gasteiger partial charge in [-0.2, -0.15) is 0 Å². The number of ketones is 2. The molecule has 27 heavy (non-hydrogen) atoms. The lowest BCUT2D eigenvalue weighted by atomic mass is 9.98. The predicted molar refractivity (Wildman–Crippen MR) is 104 cm³/mol.